The van der Waals surface area contributed by atoms with Crippen molar-refractivity contribution in [2.24, 2.45) is 0 Å². The van der Waals surface area contributed by atoms with Crippen molar-refractivity contribution in [1.29, 1.82) is 0 Å². The molecule has 0 radical (unpaired) electrons. The molecule has 140 valence electrons. The van der Waals surface area contributed by atoms with Crippen LogP contribution in [-0.4, -0.2) is 46.2 Å². The second-order valence-electron chi connectivity index (χ2n) is 5.65. The Morgan fingerprint density at radius 1 is 1.08 bits per heavy atom. The van der Waals surface area contributed by atoms with Crippen LogP contribution in [0.2, 0.25) is 0 Å². The van der Waals surface area contributed by atoms with Crippen LogP contribution in [-0.2, 0) is 14.8 Å². The molecule has 0 spiro atoms. The molecular formula is C18H22N2O5S. The number of ether oxygens (including phenoxy) is 2. The fourth-order valence-electron chi connectivity index (χ4n) is 2.46. The smallest absolute Gasteiger partial charge is 0.247 e. The summed E-state index contributed by atoms with van der Waals surface area (Å²) >= 11 is 0. The summed E-state index contributed by atoms with van der Waals surface area (Å²) in [6, 6.07) is 12.6. The van der Waals surface area contributed by atoms with E-state index in [1.165, 1.54) is 21.3 Å². The molecule has 1 atom stereocenters. The lowest BCUT2D eigenvalue weighted by molar-refractivity contribution is -0.119. The van der Waals surface area contributed by atoms with Gasteiger partial charge in [0, 0.05) is 13.1 Å². The van der Waals surface area contributed by atoms with E-state index >= 15 is 0 Å². The molecule has 7 nitrogen and oxygen atoms in total. The number of carbonyl (C=O) groups excluding carboxylic acids is 1. The molecule has 0 aliphatic rings. The fourth-order valence-corrected chi connectivity index (χ4v) is 3.06. The van der Waals surface area contributed by atoms with Crippen molar-refractivity contribution >= 4 is 21.6 Å². The summed E-state index contributed by atoms with van der Waals surface area (Å²) in [6.07, 6.45) is 1.06. The molecule has 26 heavy (non-hydrogen) atoms. The largest absolute Gasteiger partial charge is 0.497 e. The first-order valence-corrected chi connectivity index (χ1v) is 9.63. The molecule has 0 fully saturated rings. The van der Waals surface area contributed by atoms with E-state index in [1.807, 2.05) is 0 Å². The van der Waals surface area contributed by atoms with Crippen molar-refractivity contribution in [3.63, 3.8) is 0 Å². The standard InChI is InChI=1S/C18H22N2O5S/c1-20(26(4,22)23)17(13-8-6-5-7-9-13)18(21)19-15-11-10-14(24-2)12-16(15)25-3/h5-12,17H,1-4H3,(H,19,21)/t17-/m1/s1. The van der Waals surface area contributed by atoms with E-state index < -0.39 is 22.0 Å². The van der Waals surface area contributed by atoms with Gasteiger partial charge in [-0.3, -0.25) is 4.79 Å². The van der Waals surface area contributed by atoms with Crippen LogP contribution in [0.15, 0.2) is 48.5 Å². The van der Waals surface area contributed by atoms with Crippen LogP contribution in [0.1, 0.15) is 11.6 Å². The highest BCUT2D eigenvalue weighted by Crippen LogP contribution is 2.31. The third kappa shape index (κ3) is 4.53. The van der Waals surface area contributed by atoms with Gasteiger partial charge in [0.25, 0.3) is 0 Å². The third-order valence-electron chi connectivity index (χ3n) is 3.92. The van der Waals surface area contributed by atoms with Gasteiger partial charge in [0.05, 0.1) is 26.2 Å². The molecule has 8 heteroatoms. The molecule has 1 amide bonds. The zero-order chi connectivity index (χ0) is 19.3. The summed E-state index contributed by atoms with van der Waals surface area (Å²) in [4.78, 5) is 12.9. The van der Waals surface area contributed by atoms with Crippen LogP contribution in [0.4, 0.5) is 5.69 Å². The highest BCUT2D eigenvalue weighted by atomic mass is 32.2. The number of rotatable bonds is 7. The zero-order valence-electron chi connectivity index (χ0n) is 15.1. The molecule has 0 aliphatic carbocycles. The number of hydrogen-bond acceptors (Lipinski definition) is 5. The Bertz CT molecular complexity index is 868. The number of amides is 1. The first-order valence-electron chi connectivity index (χ1n) is 7.78. The number of methoxy groups -OCH3 is 2. The summed E-state index contributed by atoms with van der Waals surface area (Å²) in [5.74, 6) is 0.492. The van der Waals surface area contributed by atoms with Crippen LogP contribution < -0.4 is 14.8 Å². The van der Waals surface area contributed by atoms with E-state index in [-0.39, 0.29) is 0 Å². The summed E-state index contributed by atoms with van der Waals surface area (Å²) in [6.45, 7) is 0. The Balaban J connectivity index is 2.39. The fraction of sp³-hybridized carbons (Fsp3) is 0.278. The third-order valence-corrected chi connectivity index (χ3v) is 5.17. The topological polar surface area (TPSA) is 84.9 Å². The molecule has 0 saturated carbocycles. The molecule has 0 saturated heterocycles. The second-order valence-corrected chi connectivity index (χ2v) is 7.69. The Kier molecular flexibility index (Phi) is 6.23. The van der Waals surface area contributed by atoms with Crippen molar-refractivity contribution in [2.45, 2.75) is 6.04 Å². The highest BCUT2D eigenvalue weighted by molar-refractivity contribution is 7.88. The molecule has 0 aliphatic heterocycles. The van der Waals surface area contributed by atoms with Gasteiger partial charge < -0.3 is 14.8 Å². The van der Waals surface area contributed by atoms with Gasteiger partial charge in [0.2, 0.25) is 15.9 Å². The summed E-state index contributed by atoms with van der Waals surface area (Å²) in [5.41, 5.74) is 0.978. The minimum absolute atomic E-state index is 0.409. The van der Waals surface area contributed by atoms with Gasteiger partial charge in [-0.15, -0.1) is 0 Å². The van der Waals surface area contributed by atoms with Crippen LogP contribution in [0.5, 0.6) is 11.5 Å². The molecule has 0 bridgehead atoms. The van der Waals surface area contributed by atoms with E-state index in [4.69, 9.17) is 9.47 Å². The Morgan fingerprint density at radius 2 is 1.73 bits per heavy atom. The van der Waals surface area contributed by atoms with Gasteiger partial charge in [-0.1, -0.05) is 30.3 Å². The molecule has 1 N–H and O–H groups in total. The van der Waals surface area contributed by atoms with Gasteiger partial charge >= 0.3 is 0 Å². The predicted octanol–water partition coefficient (Wildman–Crippen LogP) is 2.28. The van der Waals surface area contributed by atoms with Gasteiger partial charge in [0.1, 0.15) is 17.5 Å². The maximum absolute atomic E-state index is 12.9. The van der Waals surface area contributed by atoms with Crippen LogP contribution in [0, 0.1) is 0 Å². The molecule has 2 aromatic carbocycles. The second kappa shape index (κ2) is 8.20. The van der Waals surface area contributed by atoms with Crippen molar-refractivity contribution in [2.75, 3.05) is 32.8 Å². The minimum Gasteiger partial charge on any atom is -0.497 e. The Morgan fingerprint density at radius 3 is 2.27 bits per heavy atom. The highest BCUT2D eigenvalue weighted by Gasteiger charge is 2.31. The average molecular weight is 378 g/mol. The minimum atomic E-state index is -3.59. The van der Waals surface area contributed by atoms with Gasteiger partial charge in [-0.05, 0) is 17.7 Å². The van der Waals surface area contributed by atoms with Crippen molar-refractivity contribution in [3.05, 3.63) is 54.1 Å². The van der Waals surface area contributed by atoms with Crippen LogP contribution >= 0.6 is 0 Å². The molecule has 0 heterocycles. The summed E-state index contributed by atoms with van der Waals surface area (Å²) in [7, 11) is 0.782. The first kappa shape index (κ1) is 19.7. The van der Waals surface area contributed by atoms with Crippen LogP contribution in [0.25, 0.3) is 0 Å². The number of carbonyl (C=O) groups is 1. The maximum Gasteiger partial charge on any atom is 0.247 e. The normalized spacial score (nSPS) is 12.5. The monoisotopic (exact) mass is 378 g/mol. The van der Waals surface area contributed by atoms with E-state index in [2.05, 4.69) is 5.32 Å². The van der Waals surface area contributed by atoms with E-state index in [1.54, 1.807) is 48.5 Å². The van der Waals surface area contributed by atoms with Gasteiger partial charge in [-0.2, -0.15) is 4.31 Å². The quantitative estimate of drug-likeness (QED) is 0.799. The van der Waals surface area contributed by atoms with E-state index in [0.717, 1.165) is 10.6 Å². The Labute approximate surface area is 153 Å². The number of likely N-dealkylation sites (N-methyl/N-ethyl adjacent to an activating group) is 1. The van der Waals surface area contributed by atoms with Crippen molar-refractivity contribution < 1.29 is 22.7 Å². The lowest BCUT2D eigenvalue weighted by atomic mass is 10.1. The number of anilines is 1. The molecular weight excluding hydrogens is 356 g/mol. The molecule has 0 unspecified atom stereocenters. The molecule has 2 aromatic rings. The Hall–Kier alpha value is -2.58. The zero-order valence-corrected chi connectivity index (χ0v) is 15.9. The maximum atomic E-state index is 12.9. The van der Waals surface area contributed by atoms with Crippen molar-refractivity contribution in [3.8, 4) is 11.5 Å². The SMILES string of the molecule is COc1ccc(NC(=O)[C@@H](c2ccccc2)N(C)S(C)(=O)=O)c(OC)c1. The average Bonchev–Trinajstić information content (AvgIpc) is 2.62. The lowest BCUT2D eigenvalue weighted by Crippen LogP contribution is -2.38. The molecule has 0 aromatic heterocycles. The van der Waals surface area contributed by atoms with E-state index in [0.29, 0.717) is 22.7 Å². The number of sulfonamides is 1. The van der Waals surface area contributed by atoms with Gasteiger partial charge in [0.15, 0.2) is 0 Å². The first-order chi connectivity index (χ1) is 12.3. The number of nitrogens with zero attached hydrogens (tertiary/aromatic N) is 1. The summed E-state index contributed by atoms with van der Waals surface area (Å²) < 4.78 is 35.5. The number of hydrogen-bond donors (Lipinski definition) is 1. The molecule has 2 rings (SSSR count). The van der Waals surface area contributed by atoms with Crippen molar-refractivity contribution in [1.82, 2.24) is 4.31 Å². The number of nitrogens with one attached hydrogen (secondary N) is 1. The van der Waals surface area contributed by atoms with Gasteiger partial charge in [-0.25, -0.2) is 8.42 Å². The number of benzene rings is 2. The summed E-state index contributed by atoms with van der Waals surface area (Å²) in [5, 5.41) is 2.74. The van der Waals surface area contributed by atoms with E-state index in [9.17, 15) is 13.2 Å². The van der Waals surface area contributed by atoms with Crippen LogP contribution in [0.3, 0.4) is 0 Å². The predicted molar refractivity (Wildman–Crippen MR) is 100.0 cm³/mol. The lowest BCUT2D eigenvalue weighted by Gasteiger charge is -2.26.